The van der Waals surface area contributed by atoms with Gasteiger partial charge in [0, 0.05) is 6.54 Å². The van der Waals surface area contributed by atoms with Crippen LogP contribution < -0.4 is 5.56 Å². The normalized spacial score (nSPS) is 10.8. The lowest BCUT2D eigenvalue weighted by molar-refractivity contribution is 0.541. The van der Waals surface area contributed by atoms with Crippen LogP contribution in [0.5, 0.6) is 0 Å². The van der Waals surface area contributed by atoms with Crippen LogP contribution in [0.4, 0.5) is 0 Å². The summed E-state index contributed by atoms with van der Waals surface area (Å²) < 4.78 is 1.35. The molecule has 0 fully saturated rings. The Morgan fingerprint density at radius 3 is 3.23 bits per heavy atom. The molecule has 2 rings (SSSR count). The van der Waals surface area contributed by atoms with Crippen molar-refractivity contribution in [1.82, 2.24) is 20.0 Å². The van der Waals surface area contributed by atoms with E-state index < -0.39 is 0 Å². The van der Waals surface area contributed by atoms with Crippen molar-refractivity contribution < 1.29 is 0 Å². The van der Waals surface area contributed by atoms with Gasteiger partial charge >= 0.3 is 0 Å². The topological polar surface area (TPSA) is 60.7 Å². The largest absolute Gasteiger partial charge is 0.297 e. The van der Waals surface area contributed by atoms with Gasteiger partial charge in [0.15, 0.2) is 10.3 Å². The van der Waals surface area contributed by atoms with E-state index in [0.29, 0.717) is 16.9 Å². The van der Waals surface area contributed by atoms with Gasteiger partial charge in [0.2, 0.25) is 0 Å². The lowest BCUT2D eigenvalue weighted by Gasteiger charge is -1.98. The molecule has 0 N–H and O–H groups in total. The first-order valence-electron chi connectivity index (χ1n) is 4.00. The quantitative estimate of drug-likeness (QED) is 0.707. The van der Waals surface area contributed by atoms with Crippen LogP contribution in [0.2, 0.25) is 0 Å². The lowest BCUT2D eigenvalue weighted by Crippen LogP contribution is -2.23. The second kappa shape index (κ2) is 3.21. The molecule has 2 heterocycles. The van der Waals surface area contributed by atoms with E-state index in [0.717, 1.165) is 6.42 Å². The van der Waals surface area contributed by atoms with Crippen molar-refractivity contribution in [3.05, 3.63) is 15.9 Å². The summed E-state index contributed by atoms with van der Waals surface area (Å²) in [6.07, 6.45) is 0.865. The highest BCUT2D eigenvalue weighted by Gasteiger charge is 2.06. The number of thiazole rings is 1. The summed E-state index contributed by atoms with van der Waals surface area (Å²) in [7, 11) is 0. The Morgan fingerprint density at radius 2 is 2.46 bits per heavy atom. The molecule has 13 heavy (non-hydrogen) atoms. The molecule has 0 radical (unpaired) electrons. The van der Waals surface area contributed by atoms with Crippen LogP contribution in [0.1, 0.15) is 13.3 Å². The molecule has 0 atom stereocenters. The van der Waals surface area contributed by atoms with Crippen molar-refractivity contribution in [3.8, 4) is 0 Å². The molecule has 2 aromatic rings. The molecule has 0 aliphatic heterocycles. The zero-order valence-electron chi connectivity index (χ0n) is 7.10. The minimum atomic E-state index is -0.145. The first-order valence-corrected chi connectivity index (χ1v) is 4.88. The van der Waals surface area contributed by atoms with Crippen molar-refractivity contribution in [3.63, 3.8) is 0 Å². The van der Waals surface area contributed by atoms with E-state index in [1.807, 2.05) is 6.92 Å². The summed E-state index contributed by atoms with van der Waals surface area (Å²) in [4.78, 5) is 16.1. The minimum absolute atomic E-state index is 0.145. The fourth-order valence-electron chi connectivity index (χ4n) is 1.07. The Labute approximate surface area is 78.0 Å². The Hall–Kier alpha value is -1.30. The molecule has 0 spiro atoms. The van der Waals surface area contributed by atoms with Crippen LogP contribution in [-0.4, -0.2) is 20.0 Å². The van der Waals surface area contributed by atoms with Crippen molar-refractivity contribution in [2.24, 2.45) is 0 Å². The third kappa shape index (κ3) is 1.33. The standard InChI is InChI=1S/C7H8N4OS/c1-2-3-11-7(12)5-6(9-10-11)13-4-8-5/h4H,2-3H2,1H3. The van der Waals surface area contributed by atoms with Gasteiger partial charge in [-0.3, -0.25) is 4.79 Å². The molecule has 0 saturated carbocycles. The zero-order valence-corrected chi connectivity index (χ0v) is 7.91. The SMILES string of the molecule is CCCn1nnc2scnc2c1=O. The van der Waals surface area contributed by atoms with Gasteiger partial charge in [0.25, 0.3) is 5.56 Å². The van der Waals surface area contributed by atoms with Crippen LogP contribution in [0.25, 0.3) is 10.3 Å². The highest BCUT2D eigenvalue weighted by atomic mass is 32.1. The van der Waals surface area contributed by atoms with Gasteiger partial charge in [0.1, 0.15) is 0 Å². The van der Waals surface area contributed by atoms with E-state index in [2.05, 4.69) is 15.3 Å². The van der Waals surface area contributed by atoms with E-state index in [4.69, 9.17) is 0 Å². The van der Waals surface area contributed by atoms with Crippen LogP contribution >= 0.6 is 11.3 Å². The van der Waals surface area contributed by atoms with Crippen molar-refractivity contribution in [2.75, 3.05) is 0 Å². The Bertz CT molecular complexity index is 475. The van der Waals surface area contributed by atoms with Gasteiger partial charge in [0.05, 0.1) is 5.51 Å². The van der Waals surface area contributed by atoms with Gasteiger partial charge in [-0.2, -0.15) is 0 Å². The number of fused-ring (bicyclic) bond motifs is 1. The molecule has 0 aliphatic rings. The van der Waals surface area contributed by atoms with E-state index in [9.17, 15) is 4.79 Å². The molecular weight excluding hydrogens is 188 g/mol. The summed E-state index contributed by atoms with van der Waals surface area (Å²) in [6.45, 7) is 2.58. The Morgan fingerprint density at radius 1 is 1.62 bits per heavy atom. The smallest absolute Gasteiger partial charge is 0.265 e. The molecule has 68 valence electrons. The average molecular weight is 196 g/mol. The summed E-state index contributed by atoms with van der Waals surface area (Å²) in [5, 5.41) is 7.68. The molecule has 0 amide bonds. The van der Waals surface area contributed by atoms with Crippen LogP contribution in [-0.2, 0) is 6.54 Å². The van der Waals surface area contributed by atoms with Crippen molar-refractivity contribution in [1.29, 1.82) is 0 Å². The minimum Gasteiger partial charge on any atom is -0.265 e. The van der Waals surface area contributed by atoms with Crippen molar-refractivity contribution >= 4 is 21.7 Å². The fraction of sp³-hybridized carbons (Fsp3) is 0.429. The molecule has 0 bridgehead atoms. The first kappa shape index (κ1) is 8.31. The maximum atomic E-state index is 11.6. The van der Waals surface area contributed by atoms with Gasteiger partial charge in [-0.1, -0.05) is 12.1 Å². The second-order valence-electron chi connectivity index (χ2n) is 2.62. The monoisotopic (exact) mass is 196 g/mol. The number of rotatable bonds is 2. The third-order valence-corrected chi connectivity index (χ3v) is 2.37. The number of aryl methyl sites for hydroxylation is 1. The van der Waals surface area contributed by atoms with Gasteiger partial charge in [-0.25, -0.2) is 9.67 Å². The molecule has 6 heteroatoms. The Balaban J connectivity index is 2.67. The predicted molar refractivity (Wildman–Crippen MR) is 49.8 cm³/mol. The zero-order chi connectivity index (χ0) is 9.26. The molecule has 5 nitrogen and oxygen atoms in total. The fourth-order valence-corrected chi connectivity index (χ4v) is 1.67. The Kier molecular flexibility index (Phi) is 2.05. The van der Waals surface area contributed by atoms with Gasteiger partial charge < -0.3 is 0 Å². The molecule has 0 saturated heterocycles. The van der Waals surface area contributed by atoms with E-state index in [1.54, 1.807) is 5.51 Å². The average Bonchev–Trinajstić information content (AvgIpc) is 2.58. The highest BCUT2D eigenvalue weighted by Crippen LogP contribution is 2.08. The summed E-state index contributed by atoms with van der Waals surface area (Å²) in [6, 6.07) is 0. The lowest BCUT2D eigenvalue weighted by atomic mass is 10.5. The van der Waals surface area contributed by atoms with Gasteiger partial charge in [-0.15, -0.1) is 16.4 Å². The number of nitrogens with zero attached hydrogens (tertiary/aromatic N) is 4. The van der Waals surface area contributed by atoms with Crippen LogP contribution in [0.3, 0.4) is 0 Å². The first-order chi connectivity index (χ1) is 6.33. The number of hydrogen-bond donors (Lipinski definition) is 0. The van der Waals surface area contributed by atoms with Crippen molar-refractivity contribution in [2.45, 2.75) is 19.9 Å². The number of aromatic nitrogens is 4. The highest BCUT2D eigenvalue weighted by molar-refractivity contribution is 7.16. The summed E-state index contributed by atoms with van der Waals surface area (Å²) in [5.74, 6) is 0. The molecule has 2 aromatic heterocycles. The maximum absolute atomic E-state index is 11.6. The predicted octanol–water partition coefficient (Wildman–Crippen LogP) is 0.658. The number of hydrogen-bond acceptors (Lipinski definition) is 5. The summed E-state index contributed by atoms with van der Waals surface area (Å²) in [5.41, 5.74) is 1.89. The summed E-state index contributed by atoms with van der Waals surface area (Å²) >= 11 is 1.33. The molecule has 0 aromatic carbocycles. The maximum Gasteiger partial charge on any atom is 0.297 e. The van der Waals surface area contributed by atoms with E-state index in [1.165, 1.54) is 16.0 Å². The molecule has 0 unspecified atom stereocenters. The van der Waals surface area contributed by atoms with Crippen LogP contribution in [0.15, 0.2) is 10.3 Å². The molecular formula is C7H8N4OS. The molecule has 0 aliphatic carbocycles. The van der Waals surface area contributed by atoms with E-state index in [-0.39, 0.29) is 5.56 Å². The second-order valence-corrected chi connectivity index (χ2v) is 3.46. The van der Waals surface area contributed by atoms with Gasteiger partial charge in [-0.05, 0) is 6.42 Å². The van der Waals surface area contributed by atoms with Crippen LogP contribution in [0, 0.1) is 0 Å². The van der Waals surface area contributed by atoms with E-state index >= 15 is 0 Å². The third-order valence-electron chi connectivity index (χ3n) is 1.66.